The number of aromatic nitrogens is 1. The Morgan fingerprint density at radius 3 is 2.52 bits per heavy atom. The number of amides is 1. The molecule has 0 saturated carbocycles. The second-order valence-corrected chi connectivity index (χ2v) is 7.41. The first-order chi connectivity index (χ1) is 13.0. The smallest absolute Gasteiger partial charge is 0.257 e. The minimum Gasteiger partial charge on any atom is -0.490 e. The maximum Gasteiger partial charge on any atom is 0.257 e. The van der Waals surface area contributed by atoms with Crippen molar-refractivity contribution in [3.8, 4) is 11.5 Å². The summed E-state index contributed by atoms with van der Waals surface area (Å²) in [6.07, 6.45) is 0. The fourth-order valence-corrected chi connectivity index (χ4v) is 3.62. The SMILES string of the molecule is CCOc1ccc(C(=O)Nc2nc3ccc(C(C)C)cc3s2)cc1OCC. The molecule has 3 rings (SSSR count). The number of hydrogen-bond acceptors (Lipinski definition) is 5. The fraction of sp³-hybridized carbons (Fsp3) is 0.333. The van der Waals surface area contributed by atoms with Gasteiger partial charge in [-0.1, -0.05) is 31.3 Å². The standard InChI is InChI=1S/C21H24N2O3S/c1-5-25-17-10-8-15(11-18(17)26-6-2)20(24)23-21-22-16-9-7-14(13(3)4)12-19(16)27-21/h7-13H,5-6H2,1-4H3,(H,22,23,24). The molecule has 1 amide bonds. The van der Waals surface area contributed by atoms with Gasteiger partial charge < -0.3 is 9.47 Å². The summed E-state index contributed by atoms with van der Waals surface area (Å²) in [5.74, 6) is 1.44. The lowest BCUT2D eigenvalue weighted by Gasteiger charge is -2.12. The van der Waals surface area contributed by atoms with Crippen LogP contribution in [0.3, 0.4) is 0 Å². The Bertz CT molecular complexity index is 950. The van der Waals surface area contributed by atoms with E-state index in [4.69, 9.17) is 9.47 Å². The van der Waals surface area contributed by atoms with Gasteiger partial charge in [0.25, 0.3) is 5.91 Å². The number of anilines is 1. The van der Waals surface area contributed by atoms with Gasteiger partial charge in [0.05, 0.1) is 23.4 Å². The van der Waals surface area contributed by atoms with Crippen LogP contribution in [0.5, 0.6) is 11.5 Å². The number of carbonyl (C=O) groups is 1. The van der Waals surface area contributed by atoms with E-state index >= 15 is 0 Å². The number of rotatable bonds is 7. The minimum atomic E-state index is -0.220. The van der Waals surface area contributed by atoms with Crippen LogP contribution in [0.25, 0.3) is 10.2 Å². The van der Waals surface area contributed by atoms with Crippen LogP contribution in [-0.2, 0) is 0 Å². The van der Waals surface area contributed by atoms with Crippen molar-refractivity contribution in [2.45, 2.75) is 33.6 Å². The molecule has 1 heterocycles. The second-order valence-electron chi connectivity index (χ2n) is 6.38. The summed E-state index contributed by atoms with van der Waals surface area (Å²) in [6.45, 7) is 9.17. The molecule has 0 atom stereocenters. The van der Waals surface area contributed by atoms with E-state index in [9.17, 15) is 4.79 Å². The third kappa shape index (κ3) is 4.39. The van der Waals surface area contributed by atoms with Gasteiger partial charge >= 0.3 is 0 Å². The summed E-state index contributed by atoms with van der Waals surface area (Å²) in [5, 5.41) is 3.48. The molecule has 0 saturated heterocycles. The third-order valence-corrected chi connectivity index (χ3v) is 5.04. The first kappa shape index (κ1) is 19.2. The molecular formula is C21H24N2O3S. The highest BCUT2D eigenvalue weighted by Crippen LogP contribution is 2.31. The zero-order valence-corrected chi connectivity index (χ0v) is 16.9. The number of nitrogens with one attached hydrogen (secondary N) is 1. The van der Waals surface area contributed by atoms with Crippen LogP contribution in [0.15, 0.2) is 36.4 Å². The third-order valence-electron chi connectivity index (χ3n) is 4.11. The minimum absolute atomic E-state index is 0.220. The Labute approximate surface area is 163 Å². The van der Waals surface area contributed by atoms with Gasteiger partial charge in [-0.25, -0.2) is 4.98 Å². The molecule has 0 spiro atoms. The molecule has 6 heteroatoms. The van der Waals surface area contributed by atoms with E-state index in [2.05, 4.69) is 36.3 Å². The largest absolute Gasteiger partial charge is 0.490 e. The normalized spacial score (nSPS) is 11.0. The van der Waals surface area contributed by atoms with Crippen LogP contribution in [-0.4, -0.2) is 24.1 Å². The van der Waals surface area contributed by atoms with Crippen molar-refractivity contribution in [2.75, 3.05) is 18.5 Å². The zero-order valence-electron chi connectivity index (χ0n) is 16.0. The molecule has 0 radical (unpaired) electrons. The molecule has 27 heavy (non-hydrogen) atoms. The quantitative estimate of drug-likeness (QED) is 0.587. The van der Waals surface area contributed by atoms with Crippen molar-refractivity contribution in [1.29, 1.82) is 0 Å². The van der Waals surface area contributed by atoms with Gasteiger partial charge in [0, 0.05) is 5.56 Å². The number of carbonyl (C=O) groups excluding carboxylic acids is 1. The van der Waals surface area contributed by atoms with Crippen LogP contribution in [0.1, 0.15) is 49.5 Å². The Morgan fingerprint density at radius 2 is 1.81 bits per heavy atom. The highest BCUT2D eigenvalue weighted by Gasteiger charge is 2.14. The average molecular weight is 385 g/mol. The Morgan fingerprint density at radius 1 is 1.07 bits per heavy atom. The number of thiazole rings is 1. The average Bonchev–Trinajstić information content (AvgIpc) is 3.04. The van der Waals surface area contributed by atoms with Crippen LogP contribution in [0.4, 0.5) is 5.13 Å². The summed E-state index contributed by atoms with van der Waals surface area (Å²) in [5.41, 5.74) is 2.65. The molecule has 3 aromatic rings. The highest BCUT2D eigenvalue weighted by molar-refractivity contribution is 7.22. The molecule has 0 aliphatic heterocycles. The summed E-state index contributed by atoms with van der Waals surface area (Å²) < 4.78 is 12.2. The van der Waals surface area contributed by atoms with Crippen LogP contribution >= 0.6 is 11.3 Å². The van der Waals surface area contributed by atoms with E-state index in [0.717, 1.165) is 10.2 Å². The summed E-state index contributed by atoms with van der Waals surface area (Å²) in [4.78, 5) is 17.2. The lowest BCUT2D eigenvalue weighted by atomic mass is 10.0. The van der Waals surface area contributed by atoms with Gasteiger partial charge in [-0.2, -0.15) is 0 Å². The molecule has 0 fully saturated rings. The summed E-state index contributed by atoms with van der Waals surface area (Å²) in [6, 6.07) is 11.4. The molecule has 2 aromatic carbocycles. The van der Waals surface area contributed by atoms with Crippen LogP contribution in [0.2, 0.25) is 0 Å². The molecular weight excluding hydrogens is 360 g/mol. The Kier molecular flexibility index (Phi) is 5.96. The maximum atomic E-state index is 12.7. The molecule has 0 unspecified atom stereocenters. The monoisotopic (exact) mass is 384 g/mol. The molecule has 0 aliphatic carbocycles. The summed E-state index contributed by atoms with van der Waals surface area (Å²) >= 11 is 1.48. The van der Waals surface area contributed by atoms with Gasteiger partial charge in [0.2, 0.25) is 0 Å². The maximum absolute atomic E-state index is 12.7. The van der Waals surface area contributed by atoms with Crippen molar-refractivity contribution in [2.24, 2.45) is 0 Å². The van der Waals surface area contributed by atoms with E-state index in [1.165, 1.54) is 16.9 Å². The molecule has 1 aromatic heterocycles. The number of benzene rings is 2. The fourth-order valence-electron chi connectivity index (χ4n) is 2.72. The molecule has 0 aliphatic rings. The number of ether oxygens (including phenoxy) is 2. The Hall–Kier alpha value is -2.60. The van der Waals surface area contributed by atoms with E-state index in [0.29, 0.717) is 41.3 Å². The van der Waals surface area contributed by atoms with E-state index < -0.39 is 0 Å². The lowest BCUT2D eigenvalue weighted by molar-refractivity contribution is 0.102. The van der Waals surface area contributed by atoms with Gasteiger partial charge in [0.1, 0.15) is 0 Å². The second kappa shape index (κ2) is 8.39. The first-order valence-corrected chi connectivity index (χ1v) is 9.95. The molecule has 1 N–H and O–H groups in total. The summed E-state index contributed by atoms with van der Waals surface area (Å²) in [7, 11) is 0. The van der Waals surface area contributed by atoms with E-state index in [1.807, 2.05) is 19.9 Å². The number of nitrogens with zero attached hydrogens (tertiary/aromatic N) is 1. The van der Waals surface area contributed by atoms with Crippen molar-refractivity contribution >= 4 is 32.6 Å². The van der Waals surface area contributed by atoms with Crippen LogP contribution < -0.4 is 14.8 Å². The number of fused-ring (bicyclic) bond motifs is 1. The predicted molar refractivity (Wildman–Crippen MR) is 110 cm³/mol. The topological polar surface area (TPSA) is 60.5 Å². The lowest BCUT2D eigenvalue weighted by Crippen LogP contribution is -2.12. The molecule has 0 bridgehead atoms. The van der Waals surface area contributed by atoms with E-state index in [-0.39, 0.29) is 5.91 Å². The predicted octanol–water partition coefficient (Wildman–Crippen LogP) is 5.47. The van der Waals surface area contributed by atoms with Crippen molar-refractivity contribution < 1.29 is 14.3 Å². The Balaban J connectivity index is 1.82. The number of hydrogen-bond donors (Lipinski definition) is 1. The van der Waals surface area contributed by atoms with Gasteiger partial charge in [-0.3, -0.25) is 10.1 Å². The van der Waals surface area contributed by atoms with E-state index in [1.54, 1.807) is 18.2 Å². The first-order valence-electron chi connectivity index (χ1n) is 9.13. The van der Waals surface area contributed by atoms with Gasteiger partial charge in [-0.15, -0.1) is 0 Å². The van der Waals surface area contributed by atoms with Crippen molar-refractivity contribution in [3.63, 3.8) is 0 Å². The zero-order chi connectivity index (χ0) is 19.4. The van der Waals surface area contributed by atoms with Gasteiger partial charge in [0.15, 0.2) is 16.6 Å². The highest BCUT2D eigenvalue weighted by atomic mass is 32.1. The van der Waals surface area contributed by atoms with Crippen LogP contribution in [0, 0.1) is 0 Å². The van der Waals surface area contributed by atoms with Crippen molar-refractivity contribution in [1.82, 2.24) is 4.98 Å². The van der Waals surface area contributed by atoms with Crippen molar-refractivity contribution in [3.05, 3.63) is 47.5 Å². The molecule has 142 valence electrons. The molecule has 5 nitrogen and oxygen atoms in total. The van der Waals surface area contributed by atoms with Gasteiger partial charge in [-0.05, 0) is 55.7 Å².